The van der Waals surface area contributed by atoms with E-state index < -0.39 is 0 Å². The van der Waals surface area contributed by atoms with Crippen LogP contribution in [-0.4, -0.2) is 16.5 Å². The minimum absolute atomic E-state index is 0.0292. The average Bonchev–Trinajstić information content (AvgIpc) is 2.60. The third-order valence-corrected chi connectivity index (χ3v) is 2.89. The molecular formula is C13H19BrN2O. The van der Waals surface area contributed by atoms with Gasteiger partial charge in [-0.3, -0.25) is 4.79 Å². The summed E-state index contributed by atoms with van der Waals surface area (Å²) in [6, 6.07) is 1.97. The zero-order valence-electron chi connectivity index (χ0n) is 10.4. The van der Waals surface area contributed by atoms with Crippen molar-refractivity contribution in [1.82, 2.24) is 9.88 Å². The summed E-state index contributed by atoms with van der Waals surface area (Å²) in [5.74, 6) is -0.0292. The second-order valence-electron chi connectivity index (χ2n) is 4.14. The molecule has 1 rings (SSSR count). The lowest BCUT2D eigenvalue weighted by Crippen LogP contribution is -2.33. The van der Waals surface area contributed by atoms with Gasteiger partial charge in [0.1, 0.15) is 5.69 Å². The van der Waals surface area contributed by atoms with Crippen LogP contribution in [0.25, 0.3) is 0 Å². The van der Waals surface area contributed by atoms with Crippen molar-refractivity contribution in [2.24, 2.45) is 0 Å². The Bertz CT molecular complexity index is 398. The molecule has 0 fully saturated rings. The van der Waals surface area contributed by atoms with E-state index in [-0.39, 0.29) is 11.9 Å². The molecule has 1 aromatic rings. The van der Waals surface area contributed by atoms with E-state index in [2.05, 4.69) is 34.7 Å². The lowest BCUT2D eigenvalue weighted by atomic mass is 10.2. The molecule has 1 atom stereocenters. The van der Waals surface area contributed by atoms with Crippen molar-refractivity contribution in [1.29, 1.82) is 0 Å². The van der Waals surface area contributed by atoms with Crippen molar-refractivity contribution >= 4 is 21.8 Å². The van der Waals surface area contributed by atoms with Gasteiger partial charge in [-0.1, -0.05) is 13.0 Å². The summed E-state index contributed by atoms with van der Waals surface area (Å²) in [5, 5.41) is 2.96. The SMILES string of the molecule is C=CCC(C)NC(=O)c1cc(Br)cn1CCC. The molecule has 0 bridgehead atoms. The Balaban J connectivity index is 2.76. The first-order valence-corrected chi connectivity index (χ1v) is 6.65. The molecule has 4 heteroatoms. The predicted octanol–water partition coefficient (Wildman–Crippen LogP) is 3.36. The molecule has 1 unspecified atom stereocenters. The first-order chi connectivity index (χ1) is 8.08. The molecule has 1 aromatic heterocycles. The minimum Gasteiger partial charge on any atom is -0.348 e. The zero-order valence-corrected chi connectivity index (χ0v) is 12.0. The Labute approximate surface area is 111 Å². The van der Waals surface area contributed by atoms with Gasteiger partial charge in [0.25, 0.3) is 5.91 Å². The van der Waals surface area contributed by atoms with E-state index in [0.29, 0.717) is 5.69 Å². The third-order valence-electron chi connectivity index (χ3n) is 2.46. The molecule has 0 aromatic carbocycles. The number of carbonyl (C=O) groups excluding carboxylic acids is 1. The number of nitrogens with one attached hydrogen (secondary N) is 1. The van der Waals surface area contributed by atoms with Crippen LogP contribution in [0.2, 0.25) is 0 Å². The van der Waals surface area contributed by atoms with Crippen molar-refractivity contribution in [3.63, 3.8) is 0 Å². The van der Waals surface area contributed by atoms with E-state index in [1.807, 2.05) is 29.8 Å². The molecule has 0 saturated carbocycles. The number of amides is 1. The largest absolute Gasteiger partial charge is 0.348 e. The summed E-state index contributed by atoms with van der Waals surface area (Å²) in [5.41, 5.74) is 0.703. The maximum Gasteiger partial charge on any atom is 0.268 e. The van der Waals surface area contributed by atoms with Gasteiger partial charge in [-0.2, -0.15) is 0 Å². The molecule has 1 N–H and O–H groups in total. The van der Waals surface area contributed by atoms with Crippen molar-refractivity contribution in [2.75, 3.05) is 0 Å². The summed E-state index contributed by atoms with van der Waals surface area (Å²) in [6.07, 6.45) is 5.54. The molecule has 1 amide bonds. The van der Waals surface area contributed by atoms with Crippen LogP contribution < -0.4 is 5.32 Å². The normalized spacial score (nSPS) is 12.2. The molecule has 0 spiro atoms. The Morgan fingerprint density at radius 3 is 3.00 bits per heavy atom. The van der Waals surface area contributed by atoms with Gasteiger partial charge in [0.05, 0.1) is 0 Å². The van der Waals surface area contributed by atoms with Crippen LogP contribution in [0.5, 0.6) is 0 Å². The summed E-state index contributed by atoms with van der Waals surface area (Å²) in [4.78, 5) is 12.1. The van der Waals surface area contributed by atoms with Crippen LogP contribution in [0.1, 0.15) is 37.2 Å². The van der Waals surface area contributed by atoms with Crippen molar-refractivity contribution in [2.45, 2.75) is 39.3 Å². The number of aromatic nitrogens is 1. The minimum atomic E-state index is -0.0292. The lowest BCUT2D eigenvalue weighted by molar-refractivity contribution is 0.0931. The summed E-state index contributed by atoms with van der Waals surface area (Å²) in [7, 11) is 0. The molecule has 3 nitrogen and oxygen atoms in total. The van der Waals surface area contributed by atoms with Crippen LogP contribution in [0, 0.1) is 0 Å². The van der Waals surface area contributed by atoms with Gasteiger partial charge in [-0.25, -0.2) is 0 Å². The molecular weight excluding hydrogens is 280 g/mol. The maximum atomic E-state index is 12.1. The Kier molecular flexibility index (Phi) is 5.48. The summed E-state index contributed by atoms with van der Waals surface area (Å²) in [6.45, 7) is 8.59. The summed E-state index contributed by atoms with van der Waals surface area (Å²) >= 11 is 3.40. The smallest absolute Gasteiger partial charge is 0.268 e. The van der Waals surface area contributed by atoms with Gasteiger partial charge in [0, 0.05) is 23.3 Å². The van der Waals surface area contributed by atoms with Gasteiger partial charge in [-0.15, -0.1) is 6.58 Å². The highest BCUT2D eigenvalue weighted by molar-refractivity contribution is 9.10. The fourth-order valence-corrected chi connectivity index (χ4v) is 2.16. The standard InChI is InChI=1S/C13H19BrN2O/c1-4-6-10(3)15-13(17)12-8-11(14)9-16(12)7-5-2/h4,8-10H,1,5-7H2,2-3H3,(H,15,17). The zero-order chi connectivity index (χ0) is 12.8. The predicted molar refractivity (Wildman–Crippen MR) is 74.2 cm³/mol. The van der Waals surface area contributed by atoms with Gasteiger partial charge in [0.2, 0.25) is 0 Å². The number of nitrogens with zero attached hydrogens (tertiary/aromatic N) is 1. The number of carbonyl (C=O) groups is 1. The third kappa shape index (κ3) is 4.04. The number of hydrogen-bond donors (Lipinski definition) is 1. The number of aryl methyl sites for hydroxylation is 1. The Morgan fingerprint density at radius 1 is 1.71 bits per heavy atom. The second-order valence-corrected chi connectivity index (χ2v) is 5.05. The van der Waals surface area contributed by atoms with Crippen molar-refractivity contribution in [3.8, 4) is 0 Å². The lowest BCUT2D eigenvalue weighted by Gasteiger charge is -2.13. The van der Waals surface area contributed by atoms with Crippen LogP contribution in [0.4, 0.5) is 0 Å². The average molecular weight is 299 g/mol. The fraction of sp³-hybridized carbons (Fsp3) is 0.462. The molecule has 94 valence electrons. The Morgan fingerprint density at radius 2 is 2.41 bits per heavy atom. The van der Waals surface area contributed by atoms with E-state index in [0.717, 1.165) is 23.9 Å². The summed E-state index contributed by atoms with van der Waals surface area (Å²) < 4.78 is 2.91. The highest BCUT2D eigenvalue weighted by Gasteiger charge is 2.14. The second kappa shape index (κ2) is 6.64. The number of halogens is 1. The molecule has 0 aliphatic carbocycles. The number of hydrogen-bond acceptors (Lipinski definition) is 1. The van der Waals surface area contributed by atoms with Crippen LogP contribution in [0.15, 0.2) is 29.4 Å². The molecule has 0 aliphatic heterocycles. The molecule has 0 radical (unpaired) electrons. The molecule has 17 heavy (non-hydrogen) atoms. The van der Waals surface area contributed by atoms with E-state index in [9.17, 15) is 4.79 Å². The topological polar surface area (TPSA) is 34.0 Å². The van der Waals surface area contributed by atoms with E-state index in [1.54, 1.807) is 0 Å². The fourth-order valence-electron chi connectivity index (χ4n) is 1.70. The van der Waals surface area contributed by atoms with Crippen molar-refractivity contribution < 1.29 is 4.79 Å². The van der Waals surface area contributed by atoms with E-state index >= 15 is 0 Å². The van der Waals surface area contributed by atoms with Crippen LogP contribution in [0.3, 0.4) is 0 Å². The van der Waals surface area contributed by atoms with E-state index in [4.69, 9.17) is 0 Å². The first-order valence-electron chi connectivity index (χ1n) is 5.86. The monoisotopic (exact) mass is 298 g/mol. The van der Waals surface area contributed by atoms with Crippen LogP contribution >= 0.6 is 15.9 Å². The molecule has 0 aliphatic rings. The van der Waals surface area contributed by atoms with Crippen molar-refractivity contribution in [3.05, 3.63) is 35.1 Å². The molecule has 0 saturated heterocycles. The Hall–Kier alpha value is -1.03. The van der Waals surface area contributed by atoms with Gasteiger partial charge >= 0.3 is 0 Å². The van der Waals surface area contributed by atoms with Gasteiger partial charge < -0.3 is 9.88 Å². The molecule has 1 heterocycles. The highest BCUT2D eigenvalue weighted by Crippen LogP contribution is 2.15. The maximum absolute atomic E-state index is 12.1. The number of rotatable bonds is 6. The quantitative estimate of drug-likeness (QED) is 0.803. The van der Waals surface area contributed by atoms with Gasteiger partial charge in [0.15, 0.2) is 0 Å². The van der Waals surface area contributed by atoms with E-state index in [1.165, 1.54) is 0 Å². The van der Waals surface area contributed by atoms with Crippen LogP contribution in [-0.2, 0) is 6.54 Å². The first kappa shape index (κ1) is 14.0. The van der Waals surface area contributed by atoms with Gasteiger partial charge in [-0.05, 0) is 41.8 Å². The highest BCUT2D eigenvalue weighted by atomic mass is 79.9.